The van der Waals surface area contributed by atoms with E-state index in [1.165, 1.54) is 0 Å². The van der Waals surface area contributed by atoms with Crippen LogP contribution in [-0.4, -0.2) is 5.11 Å². The zero-order valence-corrected chi connectivity index (χ0v) is 8.51. The fourth-order valence-corrected chi connectivity index (χ4v) is 2.22. The molecule has 1 aliphatic carbocycles. The first-order valence-electron chi connectivity index (χ1n) is 4.12. The van der Waals surface area contributed by atoms with Crippen molar-refractivity contribution in [2.45, 2.75) is 18.9 Å². The maximum Gasteiger partial charge on any atom is 0.0937 e. The van der Waals surface area contributed by atoms with E-state index in [0.717, 1.165) is 16.5 Å². The summed E-state index contributed by atoms with van der Waals surface area (Å²) >= 11 is 3.44. The summed E-state index contributed by atoms with van der Waals surface area (Å²) in [6.45, 7) is 2.07. The molecule has 0 amide bonds. The van der Waals surface area contributed by atoms with Crippen molar-refractivity contribution in [1.29, 1.82) is 0 Å². The van der Waals surface area contributed by atoms with Crippen LogP contribution in [0.15, 0.2) is 28.7 Å². The molecule has 1 aromatic carbocycles. The van der Waals surface area contributed by atoms with Gasteiger partial charge in [-0.15, -0.1) is 0 Å². The second-order valence-electron chi connectivity index (χ2n) is 3.51. The van der Waals surface area contributed by atoms with E-state index in [-0.39, 0.29) is 0 Å². The van der Waals surface area contributed by atoms with Gasteiger partial charge in [0.1, 0.15) is 0 Å². The molecule has 1 fully saturated rings. The first kappa shape index (κ1) is 8.27. The van der Waals surface area contributed by atoms with Gasteiger partial charge in [-0.2, -0.15) is 0 Å². The van der Waals surface area contributed by atoms with Gasteiger partial charge in [0, 0.05) is 4.47 Å². The fraction of sp³-hybridized carbons (Fsp3) is 0.400. The van der Waals surface area contributed by atoms with E-state index in [2.05, 4.69) is 22.9 Å². The standard InChI is InChI=1S/C10H11BrO/c1-7-6-10(7,12)8-4-2-3-5-9(8)11/h2-5,7,12H,6H2,1H3. The van der Waals surface area contributed by atoms with Crippen LogP contribution in [0.4, 0.5) is 0 Å². The van der Waals surface area contributed by atoms with Crippen molar-refractivity contribution >= 4 is 15.9 Å². The molecule has 64 valence electrons. The Labute approximate surface area is 80.5 Å². The van der Waals surface area contributed by atoms with Crippen LogP contribution in [0.1, 0.15) is 18.9 Å². The molecule has 0 saturated heterocycles. The summed E-state index contributed by atoms with van der Waals surface area (Å²) in [6, 6.07) is 7.87. The third-order valence-electron chi connectivity index (χ3n) is 2.61. The molecule has 2 heteroatoms. The highest BCUT2D eigenvalue weighted by molar-refractivity contribution is 9.10. The summed E-state index contributed by atoms with van der Waals surface area (Å²) in [7, 11) is 0. The van der Waals surface area contributed by atoms with Crippen molar-refractivity contribution in [2.75, 3.05) is 0 Å². The van der Waals surface area contributed by atoms with E-state index >= 15 is 0 Å². The van der Waals surface area contributed by atoms with Crippen molar-refractivity contribution in [3.8, 4) is 0 Å². The molecule has 0 bridgehead atoms. The van der Waals surface area contributed by atoms with Crippen LogP contribution >= 0.6 is 15.9 Å². The summed E-state index contributed by atoms with van der Waals surface area (Å²) in [6.07, 6.45) is 0.885. The Morgan fingerprint density at radius 2 is 2.08 bits per heavy atom. The van der Waals surface area contributed by atoms with Crippen LogP contribution in [0, 0.1) is 5.92 Å². The molecule has 0 spiro atoms. The number of aliphatic hydroxyl groups is 1. The van der Waals surface area contributed by atoms with Gasteiger partial charge >= 0.3 is 0 Å². The lowest BCUT2D eigenvalue weighted by atomic mass is 10.1. The lowest BCUT2D eigenvalue weighted by Gasteiger charge is -2.10. The van der Waals surface area contributed by atoms with E-state index in [4.69, 9.17) is 0 Å². The molecule has 2 unspecified atom stereocenters. The quantitative estimate of drug-likeness (QED) is 0.781. The van der Waals surface area contributed by atoms with Gasteiger partial charge in [0.2, 0.25) is 0 Å². The molecule has 1 aliphatic rings. The smallest absolute Gasteiger partial charge is 0.0937 e. The minimum atomic E-state index is -0.555. The first-order valence-corrected chi connectivity index (χ1v) is 4.91. The van der Waals surface area contributed by atoms with Crippen LogP contribution in [0.3, 0.4) is 0 Å². The number of halogens is 1. The van der Waals surface area contributed by atoms with E-state index in [9.17, 15) is 5.11 Å². The first-order chi connectivity index (χ1) is 5.64. The highest BCUT2D eigenvalue weighted by Gasteiger charge is 2.51. The lowest BCUT2D eigenvalue weighted by molar-refractivity contribution is 0.134. The number of benzene rings is 1. The van der Waals surface area contributed by atoms with Gasteiger partial charge in [0.15, 0.2) is 0 Å². The topological polar surface area (TPSA) is 20.2 Å². The van der Waals surface area contributed by atoms with Gasteiger partial charge in [0.25, 0.3) is 0 Å². The second-order valence-corrected chi connectivity index (χ2v) is 4.36. The summed E-state index contributed by atoms with van der Waals surface area (Å²) < 4.78 is 1.01. The fourth-order valence-electron chi connectivity index (χ4n) is 1.60. The van der Waals surface area contributed by atoms with Crippen LogP contribution in [0.25, 0.3) is 0 Å². The van der Waals surface area contributed by atoms with Crippen molar-refractivity contribution in [1.82, 2.24) is 0 Å². The maximum atomic E-state index is 10.0. The van der Waals surface area contributed by atoms with E-state index in [1.807, 2.05) is 24.3 Å². The van der Waals surface area contributed by atoms with Crippen molar-refractivity contribution in [2.24, 2.45) is 5.92 Å². The summed E-state index contributed by atoms with van der Waals surface area (Å²) in [5.41, 5.74) is 0.470. The Hall–Kier alpha value is -0.340. The van der Waals surface area contributed by atoms with Crippen molar-refractivity contribution < 1.29 is 5.11 Å². The molecule has 2 rings (SSSR count). The largest absolute Gasteiger partial charge is 0.385 e. The molecule has 2 atom stereocenters. The Morgan fingerprint density at radius 3 is 2.58 bits per heavy atom. The average Bonchev–Trinajstić information content (AvgIpc) is 2.61. The van der Waals surface area contributed by atoms with Gasteiger partial charge in [0.05, 0.1) is 5.60 Å². The van der Waals surface area contributed by atoms with Crippen molar-refractivity contribution in [3.63, 3.8) is 0 Å². The average molecular weight is 227 g/mol. The molecular weight excluding hydrogens is 216 g/mol. The zero-order valence-electron chi connectivity index (χ0n) is 6.92. The molecule has 0 radical (unpaired) electrons. The SMILES string of the molecule is CC1CC1(O)c1ccccc1Br. The minimum absolute atomic E-state index is 0.399. The Bertz CT molecular complexity index is 310. The molecule has 1 aromatic rings. The molecule has 0 aliphatic heterocycles. The van der Waals surface area contributed by atoms with E-state index in [1.54, 1.807) is 0 Å². The van der Waals surface area contributed by atoms with Crippen LogP contribution in [0.2, 0.25) is 0 Å². The summed E-state index contributed by atoms with van der Waals surface area (Å²) in [5.74, 6) is 0.399. The number of hydrogen-bond donors (Lipinski definition) is 1. The molecular formula is C10H11BrO. The predicted octanol–water partition coefficient (Wildman–Crippen LogP) is 2.68. The normalized spacial score (nSPS) is 33.4. The minimum Gasteiger partial charge on any atom is -0.385 e. The van der Waals surface area contributed by atoms with Crippen LogP contribution in [0.5, 0.6) is 0 Å². The van der Waals surface area contributed by atoms with Crippen LogP contribution < -0.4 is 0 Å². The third-order valence-corrected chi connectivity index (χ3v) is 3.30. The lowest BCUT2D eigenvalue weighted by Crippen LogP contribution is -2.07. The van der Waals surface area contributed by atoms with Crippen molar-refractivity contribution in [3.05, 3.63) is 34.3 Å². The summed E-state index contributed by atoms with van der Waals surface area (Å²) in [5, 5.41) is 10.0. The molecule has 0 heterocycles. The van der Waals surface area contributed by atoms with Gasteiger partial charge in [-0.05, 0) is 24.0 Å². The van der Waals surface area contributed by atoms with Gasteiger partial charge in [-0.1, -0.05) is 41.1 Å². The Morgan fingerprint density at radius 1 is 1.50 bits per heavy atom. The maximum absolute atomic E-state index is 10.0. The molecule has 12 heavy (non-hydrogen) atoms. The zero-order chi connectivity index (χ0) is 8.77. The Kier molecular flexibility index (Phi) is 1.77. The van der Waals surface area contributed by atoms with E-state index in [0.29, 0.717) is 5.92 Å². The van der Waals surface area contributed by atoms with Gasteiger partial charge < -0.3 is 5.11 Å². The predicted molar refractivity (Wildman–Crippen MR) is 51.8 cm³/mol. The molecule has 1 saturated carbocycles. The van der Waals surface area contributed by atoms with Gasteiger partial charge in [-0.25, -0.2) is 0 Å². The number of hydrogen-bond acceptors (Lipinski definition) is 1. The summed E-state index contributed by atoms with van der Waals surface area (Å²) in [4.78, 5) is 0. The number of rotatable bonds is 1. The second kappa shape index (κ2) is 2.57. The molecule has 0 aromatic heterocycles. The third kappa shape index (κ3) is 1.10. The molecule has 1 N–H and O–H groups in total. The highest BCUT2D eigenvalue weighted by Crippen LogP contribution is 2.53. The van der Waals surface area contributed by atoms with Gasteiger partial charge in [-0.3, -0.25) is 0 Å². The monoisotopic (exact) mass is 226 g/mol. The van der Waals surface area contributed by atoms with E-state index < -0.39 is 5.60 Å². The molecule has 1 nitrogen and oxygen atoms in total. The highest BCUT2D eigenvalue weighted by atomic mass is 79.9. The Balaban J connectivity index is 2.41. The van der Waals surface area contributed by atoms with Crippen LogP contribution in [-0.2, 0) is 5.60 Å².